The summed E-state index contributed by atoms with van der Waals surface area (Å²) in [7, 11) is 0. The minimum Gasteiger partial charge on any atom is -0.307 e. The van der Waals surface area contributed by atoms with E-state index in [0.717, 1.165) is 0 Å². The third-order valence-electron chi connectivity index (χ3n) is 0.824. The Hall–Kier alpha value is -0.700. The summed E-state index contributed by atoms with van der Waals surface area (Å²) in [5.41, 5.74) is 0. The van der Waals surface area contributed by atoms with Crippen LogP contribution >= 0.6 is 15.9 Å². The number of halogens is 2. The van der Waals surface area contributed by atoms with Crippen LogP contribution in [-0.4, -0.2) is 6.79 Å². The molecule has 0 N–H and O–H groups in total. The van der Waals surface area contributed by atoms with Gasteiger partial charge in [0.15, 0.2) is 0 Å². The Balaban J connectivity index is 0.000000371. The number of hydrogen-bond donors (Lipinski definition) is 0. The molecular weight excluding hydrogens is 199 g/mol. The van der Waals surface area contributed by atoms with E-state index in [2.05, 4.69) is 15.9 Å². The molecule has 0 aliphatic heterocycles. The lowest BCUT2D eigenvalue weighted by molar-refractivity contribution is -0.0979. The normalized spacial score (nSPS) is 7.80. The van der Waals surface area contributed by atoms with Crippen LogP contribution in [0.2, 0.25) is 0 Å². The Kier molecular flexibility index (Phi) is 4.76. The predicted molar refractivity (Wildman–Crippen MR) is 41.2 cm³/mol. The van der Waals surface area contributed by atoms with Gasteiger partial charge in [-0.05, 0) is 28.1 Å². The van der Waals surface area contributed by atoms with Gasteiger partial charge in [0.25, 0.3) is 0 Å². The molecule has 0 fully saturated rings. The third kappa shape index (κ3) is 2.73. The molecule has 0 aromatic heterocycles. The second-order valence-electron chi connectivity index (χ2n) is 1.41. The quantitative estimate of drug-likeness (QED) is 0.635. The molecule has 0 atom stereocenters. The minimum atomic E-state index is -0.215. The Bertz CT molecular complexity index is 182. The van der Waals surface area contributed by atoms with E-state index >= 15 is 0 Å². The summed E-state index contributed by atoms with van der Waals surface area (Å²) in [4.78, 5) is 8.00. The van der Waals surface area contributed by atoms with E-state index in [1.54, 1.807) is 18.2 Å². The van der Waals surface area contributed by atoms with Crippen molar-refractivity contribution in [2.75, 3.05) is 0 Å². The third-order valence-corrected chi connectivity index (χ3v) is 1.47. The molecule has 1 aromatic rings. The molecule has 0 bridgehead atoms. The summed E-state index contributed by atoms with van der Waals surface area (Å²) in [6.07, 6.45) is 0. The van der Waals surface area contributed by atoms with Gasteiger partial charge in [-0.25, -0.2) is 4.39 Å². The zero-order valence-electron chi connectivity index (χ0n) is 5.18. The summed E-state index contributed by atoms with van der Waals surface area (Å²) in [6.45, 7) is 2.00. The fourth-order valence-corrected chi connectivity index (χ4v) is 0.724. The highest BCUT2D eigenvalue weighted by Crippen LogP contribution is 2.12. The van der Waals surface area contributed by atoms with Gasteiger partial charge in [-0.2, -0.15) is 0 Å². The molecule has 0 spiro atoms. The van der Waals surface area contributed by atoms with Gasteiger partial charge < -0.3 is 4.79 Å². The van der Waals surface area contributed by atoms with Crippen molar-refractivity contribution in [3.05, 3.63) is 34.6 Å². The first kappa shape index (κ1) is 9.30. The highest BCUT2D eigenvalue weighted by atomic mass is 79.9. The fraction of sp³-hybridized carbons (Fsp3) is 0. The standard InChI is InChI=1S/C6H4BrF.CH2O/c7-5-3-1-2-4-6(5)8;1-2/h1-4H;1H2. The molecule has 0 aliphatic carbocycles. The van der Waals surface area contributed by atoms with E-state index in [0.29, 0.717) is 4.47 Å². The second-order valence-corrected chi connectivity index (χ2v) is 2.27. The average molecular weight is 205 g/mol. The Morgan fingerprint density at radius 1 is 1.30 bits per heavy atom. The van der Waals surface area contributed by atoms with Crippen molar-refractivity contribution in [2.45, 2.75) is 0 Å². The predicted octanol–water partition coefficient (Wildman–Crippen LogP) is 2.40. The average Bonchev–Trinajstić information content (AvgIpc) is 2.00. The van der Waals surface area contributed by atoms with Crippen LogP contribution < -0.4 is 0 Å². The van der Waals surface area contributed by atoms with E-state index in [4.69, 9.17) is 4.79 Å². The highest BCUT2D eigenvalue weighted by molar-refractivity contribution is 9.10. The maximum atomic E-state index is 12.3. The second kappa shape index (κ2) is 5.11. The van der Waals surface area contributed by atoms with Crippen molar-refractivity contribution >= 4 is 22.7 Å². The van der Waals surface area contributed by atoms with E-state index < -0.39 is 0 Å². The van der Waals surface area contributed by atoms with Crippen LogP contribution in [0.25, 0.3) is 0 Å². The van der Waals surface area contributed by atoms with Gasteiger partial charge in [0, 0.05) is 0 Å². The van der Waals surface area contributed by atoms with Crippen LogP contribution in [0.1, 0.15) is 0 Å². The van der Waals surface area contributed by atoms with Gasteiger partial charge in [-0.1, -0.05) is 12.1 Å². The molecule has 1 nitrogen and oxygen atoms in total. The van der Waals surface area contributed by atoms with Crippen molar-refractivity contribution < 1.29 is 9.18 Å². The maximum absolute atomic E-state index is 12.3. The largest absolute Gasteiger partial charge is 0.307 e. The first-order chi connectivity index (χ1) is 4.80. The molecule has 54 valence electrons. The smallest absolute Gasteiger partial charge is 0.137 e. The number of carbonyl (C=O) groups is 1. The maximum Gasteiger partial charge on any atom is 0.137 e. The summed E-state index contributed by atoms with van der Waals surface area (Å²) in [5, 5.41) is 0. The van der Waals surface area contributed by atoms with Gasteiger partial charge >= 0.3 is 0 Å². The van der Waals surface area contributed by atoms with Gasteiger partial charge in [-0.15, -0.1) is 0 Å². The fourth-order valence-electron chi connectivity index (χ4n) is 0.439. The van der Waals surface area contributed by atoms with Crippen LogP contribution in [-0.2, 0) is 4.79 Å². The molecule has 10 heavy (non-hydrogen) atoms. The number of carbonyl (C=O) groups excluding carboxylic acids is 1. The molecular formula is C7H6BrFO. The zero-order chi connectivity index (χ0) is 7.98. The van der Waals surface area contributed by atoms with Gasteiger partial charge in [0.1, 0.15) is 12.6 Å². The summed E-state index contributed by atoms with van der Waals surface area (Å²) < 4.78 is 12.8. The molecule has 0 aliphatic rings. The topological polar surface area (TPSA) is 17.1 Å². The highest BCUT2D eigenvalue weighted by Gasteiger charge is 1.90. The lowest BCUT2D eigenvalue weighted by atomic mass is 10.4. The Morgan fingerprint density at radius 2 is 1.80 bits per heavy atom. The summed E-state index contributed by atoms with van der Waals surface area (Å²) >= 11 is 3.02. The zero-order valence-corrected chi connectivity index (χ0v) is 6.77. The van der Waals surface area contributed by atoms with Crippen LogP contribution in [0.3, 0.4) is 0 Å². The summed E-state index contributed by atoms with van der Waals surface area (Å²) in [6, 6.07) is 6.49. The van der Waals surface area contributed by atoms with Crippen LogP contribution in [0, 0.1) is 5.82 Å². The molecule has 0 radical (unpaired) electrons. The molecule has 0 amide bonds. The molecule has 1 aromatic carbocycles. The molecule has 1 rings (SSSR count). The molecule has 0 saturated carbocycles. The van der Waals surface area contributed by atoms with Gasteiger partial charge in [0.05, 0.1) is 4.47 Å². The van der Waals surface area contributed by atoms with E-state index in [1.165, 1.54) is 6.07 Å². The van der Waals surface area contributed by atoms with Crippen molar-refractivity contribution in [2.24, 2.45) is 0 Å². The molecule has 3 heteroatoms. The molecule has 0 unspecified atom stereocenters. The first-order valence-electron chi connectivity index (χ1n) is 2.49. The van der Waals surface area contributed by atoms with Crippen LogP contribution in [0.5, 0.6) is 0 Å². The lowest BCUT2D eigenvalue weighted by Crippen LogP contribution is -1.70. The first-order valence-corrected chi connectivity index (χ1v) is 3.29. The SMILES string of the molecule is C=O.Fc1ccccc1Br. The van der Waals surface area contributed by atoms with E-state index in [1.807, 2.05) is 6.79 Å². The molecule has 0 saturated heterocycles. The van der Waals surface area contributed by atoms with Crippen LogP contribution in [0.15, 0.2) is 28.7 Å². The van der Waals surface area contributed by atoms with Gasteiger partial charge in [-0.3, -0.25) is 0 Å². The number of hydrogen-bond acceptors (Lipinski definition) is 1. The van der Waals surface area contributed by atoms with Crippen molar-refractivity contribution in [1.82, 2.24) is 0 Å². The Labute approximate surface area is 67.0 Å². The van der Waals surface area contributed by atoms with Crippen molar-refractivity contribution in [3.63, 3.8) is 0 Å². The summed E-state index contributed by atoms with van der Waals surface area (Å²) in [5.74, 6) is -0.215. The Morgan fingerprint density at radius 3 is 2.10 bits per heavy atom. The van der Waals surface area contributed by atoms with Crippen molar-refractivity contribution in [3.8, 4) is 0 Å². The number of benzene rings is 1. The van der Waals surface area contributed by atoms with E-state index in [-0.39, 0.29) is 5.82 Å². The van der Waals surface area contributed by atoms with Gasteiger partial charge in [0.2, 0.25) is 0 Å². The molecule has 0 heterocycles. The number of rotatable bonds is 0. The van der Waals surface area contributed by atoms with Crippen molar-refractivity contribution in [1.29, 1.82) is 0 Å². The lowest BCUT2D eigenvalue weighted by Gasteiger charge is -1.87. The van der Waals surface area contributed by atoms with E-state index in [9.17, 15) is 4.39 Å². The minimum absolute atomic E-state index is 0.215. The van der Waals surface area contributed by atoms with Crippen LogP contribution in [0.4, 0.5) is 4.39 Å². The monoisotopic (exact) mass is 204 g/mol.